The number of carbonyl (C=O) groups is 2. The molecule has 0 spiro atoms. The summed E-state index contributed by atoms with van der Waals surface area (Å²) in [7, 11) is 1.41. The van der Waals surface area contributed by atoms with Crippen molar-refractivity contribution in [3.05, 3.63) is 0 Å². The first-order chi connectivity index (χ1) is 9.63. The Hall–Kier alpha value is -1.50. The highest BCUT2D eigenvalue weighted by molar-refractivity contribution is 5.78. The predicted molar refractivity (Wildman–Crippen MR) is 77.8 cm³/mol. The molecule has 0 aromatic heterocycles. The second-order valence-corrected chi connectivity index (χ2v) is 5.12. The maximum atomic E-state index is 11.9. The van der Waals surface area contributed by atoms with Gasteiger partial charge in [-0.3, -0.25) is 9.59 Å². The van der Waals surface area contributed by atoms with Gasteiger partial charge in [-0.25, -0.2) is 0 Å². The third kappa shape index (κ3) is 4.56. The van der Waals surface area contributed by atoms with E-state index in [-0.39, 0.29) is 23.8 Å². The number of rotatable bonds is 6. The average molecular weight is 279 g/mol. The number of likely N-dealkylation sites (tertiary alicyclic amines) is 1. The van der Waals surface area contributed by atoms with Crippen LogP contribution in [0.1, 0.15) is 52.4 Å². The summed E-state index contributed by atoms with van der Waals surface area (Å²) in [5.74, 6) is 6.02. The smallest absolute Gasteiger partial charge is 0.308 e. The standard InChI is InChI=1S/C16H25NO3/c1-4-6-7-9-14(17-11-8-10-15(17)18)12-13(5-2)16(19)20-3/h13-14H,4-5,8-12H2,1-3H3. The van der Waals surface area contributed by atoms with E-state index >= 15 is 0 Å². The fraction of sp³-hybridized carbons (Fsp3) is 0.750. The average Bonchev–Trinajstić information content (AvgIpc) is 2.88. The Balaban J connectivity index is 2.75. The number of amides is 1. The molecule has 112 valence electrons. The molecule has 2 atom stereocenters. The molecule has 4 nitrogen and oxygen atoms in total. The Labute approximate surface area is 121 Å². The van der Waals surface area contributed by atoms with Gasteiger partial charge in [0.2, 0.25) is 5.91 Å². The lowest BCUT2D eigenvalue weighted by molar-refractivity contribution is -0.147. The number of methoxy groups -OCH3 is 1. The second-order valence-electron chi connectivity index (χ2n) is 5.12. The van der Waals surface area contributed by atoms with Crippen LogP contribution in [-0.2, 0) is 14.3 Å². The van der Waals surface area contributed by atoms with E-state index in [1.165, 1.54) is 7.11 Å². The zero-order valence-corrected chi connectivity index (χ0v) is 12.8. The molecule has 4 heteroatoms. The first-order valence-corrected chi connectivity index (χ1v) is 7.47. The number of esters is 1. The van der Waals surface area contributed by atoms with Crippen molar-refractivity contribution in [2.45, 2.75) is 58.4 Å². The lowest BCUT2D eigenvalue weighted by Crippen LogP contribution is -2.38. The molecule has 0 aromatic rings. The molecule has 1 rings (SSSR count). The van der Waals surface area contributed by atoms with E-state index in [9.17, 15) is 9.59 Å². The van der Waals surface area contributed by atoms with Crippen molar-refractivity contribution < 1.29 is 14.3 Å². The molecule has 1 saturated heterocycles. The summed E-state index contributed by atoms with van der Waals surface area (Å²) < 4.78 is 4.84. The van der Waals surface area contributed by atoms with Crippen LogP contribution < -0.4 is 0 Å². The summed E-state index contributed by atoms with van der Waals surface area (Å²) in [6.07, 6.45) is 4.36. The zero-order chi connectivity index (χ0) is 15.0. The summed E-state index contributed by atoms with van der Waals surface area (Å²) in [6.45, 7) is 4.77. The summed E-state index contributed by atoms with van der Waals surface area (Å²) in [4.78, 5) is 25.6. The monoisotopic (exact) mass is 279 g/mol. The Kier molecular flexibility index (Phi) is 7.14. The molecule has 2 unspecified atom stereocenters. The number of nitrogens with zero attached hydrogens (tertiary/aromatic N) is 1. The van der Waals surface area contributed by atoms with Gasteiger partial charge in [0.25, 0.3) is 0 Å². The summed E-state index contributed by atoms with van der Waals surface area (Å²) in [5.41, 5.74) is 0. The van der Waals surface area contributed by atoms with Gasteiger partial charge in [0.15, 0.2) is 0 Å². The van der Waals surface area contributed by atoms with Crippen LogP contribution in [0.25, 0.3) is 0 Å². The van der Waals surface area contributed by atoms with Crippen LogP contribution >= 0.6 is 0 Å². The van der Waals surface area contributed by atoms with Crippen molar-refractivity contribution in [1.82, 2.24) is 4.90 Å². The molecular weight excluding hydrogens is 254 g/mol. The highest BCUT2D eigenvalue weighted by atomic mass is 16.5. The van der Waals surface area contributed by atoms with Crippen molar-refractivity contribution in [3.8, 4) is 11.8 Å². The summed E-state index contributed by atoms with van der Waals surface area (Å²) >= 11 is 0. The highest BCUT2D eigenvalue weighted by Crippen LogP contribution is 2.23. The fourth-order valence-electron chi connectivity index (χ4n) is 2.62. The quantitative estimate of drug-likeness (QED) is 0.554. The molecule has 1 amide bonds. The maximum absolute atomic E-state index is 11.9. The van der Waals surface area contributed by atoms with E-state index in [1.54, 1.807) is 0 Å². The Morgan fingerprint density at radius 1 is 1.40 bits per heavy atom. The molecule has 1 aliphatic rings. The van der Waals surface area contributed by atoms with E-state index in [2.05, 4.69) is 11.8 Å². The third-order valence-electron chi connectivity index (χ3n) is 3.77. The molecule has 0 saturated carbocycles. The normalized spacial score (nSPS) is 17.4. The molecule has 0 N–H and O–H groups in total. The SMILES string of the molecule is CCC#CCC(CC(CC)C(=O)OC)N1CCCC1=O. The lowest BCUT2D eigenvalue weighted by Gasteiger charge is -2.28. The van der Waals surface area contributed by atoms with Gasteiger partial charge >= 0.3 is 5.97 Å². The minimum absolute atomic E-state index is 0.0353. The van der Waals surface area contributed by atoms with Gasteiger partial charge in [-0.05, 0) is 19.3 Å². The molecule has 20 heavy (non-hydrogen) atoms. The molecule has 0 bridgehead atoms. The van der Waals surface area contributed by atoms with E-state index in [0.29, 0.717) is 19.3 Å². The number of hydrogen-bond donors (Lipinski definition) is 0. The molecule has 0 aliphatic carbocycles. The van der Waals surface area contributed by atoms with Crippen LogP contribution in [0.2, 0.25) is 0 Å². The zero-order valence-electron chi connectivity index (χ0n) is 12.8. The van der Waals surface area contributed by atoms with E-state index in [0.717, 1.165) is 25.8 Å². The van der Waals surface area contributed by atoms with Gasteiger partial charge in [0, 0.05) is 31.8 Å². The summed E-state index contributed by atoms with van der Waals surface area (Å²) in [5, 5.41) is 0. The van der Waals surface area contributed by atoms with Crippen molar-refractivity contribution >= 4 is 11.9 Å². The van der Waals surface area contributed by atoms with Crippen LogP contribution in [0.5, 0.6) is 0 Å². The van der Waals surface area contributed by atoms with Gasteiger partial charge < -0.3 is 9.64 Å². The van der Waals surface area contributed by atoms with Crippen molar-refractivity contribution in [1.29, 1.82) is 0 Å². The number of hydrogen-bond acceptors (Lipinski definition) is 3. The number of ether oxygens (including phenoxy) is 1. The van der Waals surface area contributed by atoms with Gasteiger partial charge in [-0.15, -0.1) is 11.8 Å². The maximum Gasteiger partial charge on any atom is 0.308 e. The minimum atomic E-state index is -0.187. The Bertz CT molecular complexity index is 394. The van der Waals surface area contributed by atoms with E-state index in [4.69, 9.17) is 4.74 Å². The van der Waals surface area contributed by atoms with Gasteiger partial charge in [-0.2, -0.15) is 0 Å². The first-order valence-electron chi connectivity index (χ1n) is 7.47. The fourth-order valence-corrected chi connectivity index (χ4v) is 2.62. The van der Waals surface area contributed by atoms with Gasteiger partial charge in [0.05, 0.1) is 13.0 Å². The molecule has 1 aliphatic heterocycles. The van der Waals surface area contributed by atoms with E-state index < -0.39 is 0 Å². The molecule has 1 heterocycles. The van der Waals surface area contributed by atoms with Crippen molar-refractivity contribution in [2.75, 3.05) is 13.7 Å². The minimum Gasteiger partial charge on any atom is -0.469 e. The lowest BCUT2D eigenvalue weighted by atomic mass is 9.94. The molecule has 1 fully saturated rings. The molecular formula is C16H25NO3. The molecule has 0 aromatic carbocycles. The van der Waals surface area contributed by atoms with Crippen LogP contribution in [-0.4, -0.2) is 36.5 Å². The van der Waals surface area contributed by atoms with Gasteiger partial charge in [0.1, 0.15) is 0 Å². The Morgan fingerprint density at radius 3 is 2.65 bits per heavy atom. The van der Waals surface area contributed by atoms with Crippen LogP contribution in [0.3, 0.4) is 0 Å². The van der Waals surface area contributed by atoms with Crippen molar-refractivity contribution in [3.63, 3.8) is 0 Å². The Morgan fingerprint density at radius 2 is 2.15 bits per heavy atom. The van der Waals surface area contributed by atoms with E-state index in [1.807, 2.05) is 18.7 Å². The third-order valence-corrected chi connectivity index (χ3v) is 3.77. The number of carbonyl (C=O) groups excluding carboxylic acids is 2. The molecule has 0 radical (unpaired) electrons. The largest absolute Gasteiger partial charge is 0.469 e. The second kappa shape index (κ2) is 8.63. The van der Waals surface area contributed by atoms with Crippen LogP contribution in [0, 0.1) is 17.8 Å². The topological polar surface area (TPSA) is 46.6 Å². The van der Waals surface area contributed by atoms with Gasteiger partial charge in [-0.1, -0.05) is 13.8 Å². The first kappa shape index (κ1) is 16.6. The van der Waals surface area contributed by atoms with Crippen molar-refractivity contribution in [2.24, 2.45) is 5.92 Å². The highest BCUT2D eigenvalue weighted by Gasteiger charge is 2.31. The summed E-state index contributed by atoms with van der Waals surface area (Å²) in [6, 6.07) is 0.0353. The van der Waals surface area contributed by atoms with Crippen LogP contribution in [0.15, 0.2) is 0 Å². The van der Waals surface area contributed by atoms with Crippen LogP contribution in [0.4, 0.5) is 0 Å². The predicted octanol–water partition coefficient (Wildman–Crippen LogP) is 2.37.